The number of hydrogen-bond donors (Lipinski definition) is 3. The molecule has 2 rings (SSSR count). The molecule has 0 bridgehead atoms. The van der Waals surface area contributed by atoms with Gasteiger partial charge in [0.25, 0.3) is 5.56 Å². The lowest BCUT2D eigenvalue weighted by Crippen LogP contribution is -2.36. The van der Waals surface area contributed by atoms with Crippen LogP contribution in [0.3, 0.4) is 0 Å². The Morgan fingerprint density at radius 3 is 2.64 bits per heavy atom. The van der Waals surface area contributed by atoms with Crippen molar-refractivity contribution in [1.29, 1.82) is 0 Å². The molecule has 0 saturated carbocycles. The first kappa shape index (κ1) is 25.9. The first-order valence-corrected chi connectivity index (χ1v) is 10.6. The number of amides is 1. The lowest BCUT2D eigenvalue weighted by molar-refractivity contribution is -0.137. The van der Waals surface area contributed by atoms with Crippen molar-refractivity contribution in [3.05, 3.63) is 57.6 Å². The van der Waals surface area contributed by atoms with E-state index in [-0.39, 0.29) is 18.5 Å². The Bertz CT molecular complexity index is 1030. The SMILES string of the molecule is COC[C@@H](NC(=O)OC(C)(C)C)c1cccc(CCNc2ncc(C)n(CC(=O)O)c2=O)c1. The van der Waals surface area contributed by atoms with E-state index in [2.05, 4.69) is 15.6 Å². The number of nitrogens with one attached hydrogen (secondary N) is 2. The van der Waals surface area contributed by atoms with Crippen LogP contribution in [-0.2, 0) is 27.2 Å². The van der Waals surface area contributed by atoms with Gasteiger partial charge in [0, 0.05) is 25.5 Å². The van der Waals surface area contributed by atoms with Gasteiger partial charge >= 0.3 is 12.1 Å². The standard InChI is InChI=1S/C23H32N4O6/c1-15-12-25-20(21(30)27(15)13-19(28)29)24-10-9-16-7-6-8-17(11-16)18(14-32-5)26-22(31)33-23(2,3)4/h6-8,11-12,18H,9-10,13-14H2,1-5H3,(H,24,25)(H,26,31)(H,28,29)/t18-/m1/s1. The molecule has 1 aromatic heterocycles. The van der Waals surface area contributed by atoms with E-state index in [0.29, 0.717) is 18.7 Å². The number of anilines is 1. The minimum atomic E-state index is -1.10. The average molecular weight is 461 g/mol. The molecule has 0 radical (unpaired) electrons. The minimum Gasteiger partial charge on any atom is -0.480 e. The van der Waals surface area contributed by atoms with E-state index in [4.69, 9.17) is 14.6 Å². The second-order valence-electron chi connectivity index (χ2n) is 8.61. The van der Waals surface area contributed by atoms with E-state index in [9.17, 15) is 14.4 Å². The molecular weight excluding hydrogens is 428 g/mol. The molecule has 0 fully saturated rings. The first-order chi connectivity index (χ1) is 15.5. The molecule has 1 atom stereocenters. The minimum absolute atomic E-state index is 0.0989. The molecule has 10 nitrogen and oxygen atoms in total. The predicted molar refractivity (Wildman–Crippen MR) is 123 cm³/mol. The number of benzene rings is 1. The smallest absolute Gasteiger partial charge is 0.408 e. The van der Waals surface area contributed by atoms with Gasteiger partial charge in [0.2, 0.25) is 0 Å². The number of carbonyl (C=O) groups excluding carboxylic acids is 1. The largest absolute Gasteiger partial charge is 0.480 e. The number of ether oxygens (including phenoxy) is 2. The molecule has 180 valence electrons. The quantitative estimate of drug-likeness (QED) is 0.493. The van der Waals surface area contributed by atoms with Crippen molar-refractivity contribution in [2.24, 2.45) is 0 Å². The zero-order valence-corrected chi connectivity index (χ0v) is 19.7. The van der Waals surface area contributed by atoms with Crippen LogP contribution in [0.1, 0.15) is 43.6 Å². The summed E-state index contributed by atoms with van der Waals surface area (Å²) in [5, 5.41) is 14.8. The summed E-state index contributed by atoms with van der Waals surface area (Å²) in [5.74, 6) is -0.998. The third-order valence-corrected chi connectivity index (χ3v) is 4.63. The van der Waals surface area contributed by atoms with Crippen molar-refractivity contribution in [3.8, 4) is 0 Å². The van der Waals surface area contributed by atoms with Gasteiger partial charge in [-0.25, -0.2) is 9.78 Å². The topological polar surface area (TPSA) is 132 Å². The summed E-state index contributed by atoms with van der Waals surface area (Å²) in [7, 11) is 1.56. The highest BCUT2D eigenvalue weighted by Crippen LogP contribution is 2.17. The van der Waals surface area contributed by atoms with Crippen LogP contribution in [0.4, 0.5) is 10.6 Å². The summed E-state index contributed by atoms with van der Waals surface area (Å²) in [4.78, 5) is 39.8. The number of carboxylic acids is 1. The van der Waals surface area contributed by atoms with Crippen LogP contribution in [-0.4, -0.2) is 52.6 Å². The highest BCUT2D eigenvalue weighted by molar-refractivity contribution is 5.68. The van der Waals surface area contributed by atoms with E-state index in [1.54, 1.807) is 34.8 Å². The van der Waals surface area contributed by atoms with Gasteiger partial charge < -0.3 is 25.2 Å². The molecule has 0 saturated heterocycles. The Kier molecular flexibility index (Phi) is 8.98. The number of carboxylic acid groups (broad SMARTS) is 1. The van der Waals surface area contributed by atoms with Crippen molar-refractivity contribution >= 4 is 17.9 Å². The Morgan fingerprint density at radius 2 is 2.00 bits per heavy atom. The summed E-state index contributed by atoms with van der Waals surface area (Å²) in [6.07, 6.45) is 1.51. The van der Waals surface area contributed by atoms with E-state index in [0.717, 1.165) is 15.7 Å². The maximum absolute atomic E-state index is 12.5. The highest BCUT2D eigenvalue weighted by Gasteiger charge is 2.21. The molecule has 0 aliphatic rings. The number of nitrogens with zero attached hydrogens (tertiary/aromatic N) is 2. The third-order valence-electron chi connectivity index (χ3n) is 4.63. The van der Waals surface area contributed by atoms with Crippen LogP contribution in [0, 0.1) is 6.92 Å². The van der Waals surface area contributed by atoms with E-state index >= 15 is 0 Å². The Labute approximate surface area is 192 Å². The van der Waals surface area contributed by atoms with Crippen LogP contribution >= 0.6 is 0 Å². The van der Waals surface area contributed by atoms with Gasteiger partial charge in [-0.15, -0.1) is 0 Å². The van der Waals surface area contributed by atoms with Crippen molar-refractivity contribution in [2.45, 2.75) is 52.3 Å². The number of aromatic nitrogens is 2. The Balaban J connectivity index is 2.06. The average Bonchev–Trinajstić information content (AvgIpc) is 2.71. The maximum Gasteiger partial charge on any atom is 0.408 e. The molecule has 1 amide bonds. The number of methoxy groups -OCH3 is 1. The Morgan fingerprint density at radius 1 is 1.27 bits per heavy atom. The monoisotopic (exact) mass is 460 g/mol. The molecule has 33 heavy (non-hydrogen) atoms. The lowest BCUT2D eigenvalue weighted by atomic mass is 10.0. The molecule has 1 heterocycles. The number of carbonyl (C=O) groups is 2. The number of alkyl carbamates (subject to hydrolysis) is 1. The van der Waals surface area contributed by atoms with Gasteiger partial charge in [-0.1, -0.05) is 24.3 Å². The van der Waals surface area contributed by atoms with Gasteiger partial charge in [0.05, 0.1) is 12.6 Å². The second-order valence-corrected chi connectivity index (χ2v) is 8.61. The first-order valence-electron chi connectivity index (χ1n) is 10.6. The van der Waals surface area contributed by atoms with Crippen molar-refractivity contribution < 1.29 is 24.2 Å². The zero-order chi connectivity index (χ0) is 24.6. The number of aliphatic carboxylic acids is 1. The predicted octanol–water partition coefficient (Wildman–Crippen LogP) is 2.50. The maximum atomic E-state index is 12.5. The molecule has 0 spiro atoms. The second kappa shape index (κ2) is 11.5. The number of aryl methyl sites for hydroxylation is 1. The van der Waals surface area contributed by atoms with Gasteiger partial charge in [-0.3, -0.25) is 14.2 Å². The molecule has 1 aromatic carbocycles. The van der Waals surface area contributed by atoms with Crippen molar-refractivity contribution in [2.75, 3.05) is 25.6 Å². The summed E-state index contributed by atoms with van der Waals surface area (Å²) >= 11 is 0. The molecule has 3 N–H and O–H groups in total. The van der Waals surface area contributed by atoms with Crippen LogP contribution < -0.4 is 16.2 Å². The fourth-order valence-corrected chi connectivity index (χ4v) is 3.15. The molecule has 0 aliphatic carbocycles. The summed E-state index contributed by atoms with van der Waals surface area (Å²) < 4.78 is 11.8. The fraction of sp³-hybridized carbons (Fsp3) is 0.478. The summed E-state index contributed by atoms with van der Waals surface area (Å²) in [5.41, 5.74) is 1.22. The Hall–Kier alpha value is -3.40. The van der Waals surface area contributed by atoms with Gasteiger partial charge in [-0.2, -0.15) is 0 Å². The molecule has 10 heteroatoms. The highest BCUT2D eigenvalue weighted by atomic mass is 16.6. The fourth-order valence-electron chi connectivity index (χ4n) is 3.15. The zero-order valence-electron chi connectivity index (χ0n) is 19.7. The van der Waals surface area contributed by atoms with Crippen LogP contribution in [0.5, 0.6) is 0 Å². The van der Waals surface area contributed by atoms with E-state index in [1.165, 1.54) is 6.20 Å². The van der Waals surface area contributed by atoms with Crippen molar-refractivity contribution in [1.82, 2.24) is 14.9 Å². The van der Waals surface area contributed by atoms with Crippen LogP contribution in [0.25, 0.3) is 0 Å². The molecule has 2 aromatic rings. The van der Waals surface area contributed by atoms with E-state index < -0.39 is 29.8 Å². The lowest BCUT2D eigenvalue weighted by Gasteiger charge is -2.24. The normalized spacial score (nSPS) is 12.2. The summed E-state index contributed by atoms with van der Waals surface area (Å²) in [6.45, 7) is 7.29. The van der Waals surface area contributed by atoms with E-state index in [1.807, 2.05) is 24.3 Å². The number of hydrogen-bond acceptors (Lipinski definition) is 7. The molecular formula is C23H32N4O6. The van der Waals surface area contributed by atoms with Gasteiger partial charge in [0.15, 0.2) is 5.82 Å². The summed E-state index contributed by atoms with van der Waals surface area (Å²) in [6, 6.07) is 7.28. The van der Waals surface area contributed by atoms with Crippen LogP contribution in [0.2, 0.25) is 0 Å². The molecule has 0 aliphatic heterocycles. The van der Waals surface area contributed by atoms with Gasteiger partial charge in [0.1, 0.15) is 12.1 Å². The van der Waals surface area contributed by atoms with Gasteiger partial charge in [-0.05, 0) is 45.2 Å². The number of rotatable bonds is 10. The van der Waals surface area contributed by atoms with Crippen LogP contribution in [0.15, 0.2) is 35.3 Å². The third kappa shape index (κ3) is 8.23. The molecule has 0 unspecified atom stereocenters. The van der Waals surface area contributed by atoms with Crippen molar-refractivity contribution in [3.63, 3.8) is 0 Å².